The first kappa shape index (κ1) is 17.1. The van der Waals surface area contributed by atoms with Crippen molar-refractivity contribution < 1.29 is 22.7 Å². The topological polar surface area (TPSA) is 95.5 Å². The first-order valence-electron chi connectivity index (χ1n) is 5.95. The third-order valence-electron chi connectivity index (χ3n) is 2.50. The van der Waals surface area contributed by atoms with Crippen molar-refractivity contribution in [2.24, 2.45) is 0 Å². The van der Waals surface area contributed by atoms with E-state index in [1.165, 1.54) is 20.0 Å². The number of aliphatic hydroxyl groups is 1. The molecule has 1 amide bonds. The van der Waals surface area contributed by atoms with E-state index < -0.39 is 32.7 Å². The average Bonchev–Trinajstić information content (AvgIpc) is 2.43. The Labute approximate surface area is 122 Å². The first-order chi connectivity index (χ1) is 9.81. The number of sulfonamides is 1. The highest BCUT2D eigenvalue weighted by molar-refractivity contribution is 7.89. The van der Waals surface area contributed by atoms with Crippen LogP contribution in [0.25, 0.3) is 0 Å². The van der Waals surface area contributed by atoms with Gasteiger partial charge in [0.25, 0.3) is 0 Å². The van der Waals surface area contributed by atoms with E-state index in [2.05, 4.69) is 21.9 Å². The van der Waals surface area contributed by atoms with E-state index in [0.717, 1.165) is 12.1 Å². The van der Waals surface area contributed by atoms with E-state index in [-0.39, 0.29) is 12.2 Å². The van der Waals surface area contributed by atoms with Gasteiger partial charge in [0.2, 0.25) is 15.9 Å². The van der Waals surface area contributed by atoms with Crippen LogP contribution in [0.5, 0.6) is 0 Å². The Morgan fingerprint density at radius 1 is 1.48 bits per heavy atom. The van der Waals surface area contributed by atoms with Crippen LogP contribution in [0.1, 0.15) is 12.5 Å². The van der Waals surface area contributed by atoms with Gasteiger partial charge in [-0.25, -0.2) is 12.8 Å². The van der Waals surface area contributed by atoms with Crippen LogP contribution in [-0.2, 0) is 14.8 Å². The Hall–Kier alpha value is -1.95. The van der Waals surface area contributed by atoms with Gasteiger partial charge in [0.1, 0.15) is 17.3 Å². The predicted octanol–water partition coefficient (Wildman–Crippen LogP) is -0.418. The monoisotopic (exact) mass is 314 g/mol. The number of aliphatic hydroxyl groups excluding tert-OH is 1. The first-order valence-corrected chi connectivity index (χ1v) is 7.43. The standard InChI is InChI=1S/C13H15FN2O4S/c1-9(13(18)15-2)16-21(19,20)12-6-5-10(4-3-7-17)8-11(12)14/h5-6,8-9,16-17H,7H2,1-2H3,(H,15,18). The molecule has 8 heteroatoms. The molecule has 0 heterocycles. The summed E-state index contributed by atoms with van der Waals surface area (Å²) < 4.78 is 39.9. The van der Waals surface area contributed by atoms with E-state index in [1.54, 1.807) is 0 Å². The van der Waals surface area contributed by atoms with Gasteiger partial charge in [-0.05, 0) is 25.1 Å². The largest absolute Gasteiger partial charge is 0.384 e. The average molecular weight is 314 g/mol. The van der Waals surface area contributed by atoms with Crippen molar-refractivity contribution in [1.82, 2.24) is 10.0 Å². The smallest absolute Gasteiger partial charge is 0.244 e. The van der Waals surface area contributed by atoms with Crippen LogP contribution in [0, 0.1) is 17.7 Å². The van der Waals surface area contributed by atoms with E-state index in [1.807, 2.05) is 0 Å². The van der Waals surface area contributed by atoms with Crippen molar-refractivity contribution >= 4 is 15.9 Å². The fourth-order valence-electron chi connectivity index (χ4n) is 1.50. The molecule has 0 saturated heterocycles. The van der Waals surface area contributed by atoms with Crippen LogP contribution in [0.2, 0.25) is 0 Å². The molecule has 0 aliphatic heterocycles. The molecule has 0 spiro atoms. The lowest BCUT2D eigenvalue weighted by molar-refractivity contribution is -0.121. The SMILES string of the molecule is CNC(=O)C(C)NS(=O)(=O)c1ccc(C#CCO)cc1F. The fourth-order valence-corrected chi connectivity index (χ4v) is 2.77. The Bertz CT molecular complexity index is 692. The van der Waals surface area contributed by atoms with Crippen molar-refractivity contribution in [3.63, 3.8) is 0 Å². The van der Waals surface area contributed by atoms with Gasteiger partial charge in [-0.3, -0.25) is 4.79 Å². The van der Waals surface area contributed by atoms with Crippen molar-refractivity contribution in [3.05, 3.63) is 29.6 Å². The van der Waals surface area contributed by atoms with Crippen molar-refractivity contribution in [1.29, 1.82) is 0 Å². The third-order valence-corrected chi connectivity index (χ3v) is 4.08. The van der Waals surface area contributed by atoms with E-state index in [9.17, 15) is 17.6 Å². The molecule has 3 N–H and O–H groups in total. The number of carbonyl (C=O) groups excluding carboxylic acids is 1. The number of rotatable bonds is 4. The van der Waals surface area contributed by atoms with Crippen LogP contribution >= 0.6 is 0 Å². The quantitative estimate of drug-likeness (QED) is 0.658. The third kappa shape index (κ3) is 4.53. The zero-order valence-electron chi connectivity index (χ0n) is 11.5. The molecule has 0 radical (unpaired) electrons. The Kier molecular flexibility index (Phi) is 5.84. The summed E-state index contributed by atoms with van der Waals surface area (Å²) >= 11 is 0. The van der Waals surface area contributed by atoms with Crippen LogP contribution in [-0.4, -0.2) is 39.1 Å². The lowest BCUT2D eigenvalue weighted by Gasteiger charge is -2.13. The molecule has 0 aliphatic carbocycles. The molecule has 0 aliphatic rings. The molecule has 0 bridgehead atoms. The number of carbonyl (C=O) groups is 1. The van der Waals surface area contributed by atoms with Gasteiger partial charge >= 0.3 is 0 Å². The van der Waals surface area contributed by atoms with E-state index >= 15 is 0 Å². The highest BCUT2D eigenvalue weighted by atomic mass is 32.2. The highest BCUT2D eigenvalue weighted by Gasteiger charge is 2.24. The second-order valence-electron chi connectivity index (χ2n) is 4.06. The van der Waals surface area contributed by atoms with Crippen LogP contribution < -0.4 is 10.0 Å². The van der Waals surface area contributed by atoms with Gasteiger partial charge in [0.15, 0.2) is 0 Å². The summed E-state index contributed by atoms with van der Waals surface area (Å²) in [6.45, 7) is 0.961. The van der Waals surface area contributed by atoms with Crippen molar-refractivity contribution in [2.75, 3.05) is 13.7 Å². The second-order valence-corrected chi connectivity index (χ2v) is 5.74. The molecule has 1 aromatic carbocycles. The molecule has 1 unspecified atom stereocenters. The lowest BCUT2D eigenvalue weighted by Crippen LogP contribution is -2.43. The second kappa shape index (κ2) is 7.17. The summed E-state index contributed by atoms with van der Waals surface area (Å²) in [6, 6.07) is 2.27. The molecular weight excluding hydrogens is 299 g/mol. The maximum atomic E-state index is 13.9. The number of benzene rings is 1. The normalized spacial score (nSPS) is 12.2. The highest BCUT2D eigenvalue weighted by Crippen LogP contribution is 2.16. The molecule has 0 saturated carbocycles. The minimum atomic E-state index is -4.17. The minimum Gasteiger partial charge on any atom is -0.384 e. The summed E-state index contributed by atoms with van der Waals surface area (Å²) in [4.78, 5) is 10.7. The van der Waals surface area contributed by atoms with Crippen molar-refractivity contribution in [3.8, 4) is 11.8 Å². The van der Waals surface area contributed by atoms with E-state index in [4.69, 9.17) is 5.11 Å². The fraction of sp³-hybridized carbons (Fsp3) is 0.308. The number of nitrogens with one attached hydrogen (secondary N) is 2. The zero-order valence-corrected chi connectivity index (χ0v) is 12.3. The van der Waals surface area contributed by atoms with Gasteiger partial charge in [-0.15, -0.1) is 0 Å². The Morgan fingerprint density at radius 3 is 2.67 bits per heavy atom. The van der Waals surface area contributed by atoms with Crippen LogP contribution in [0.4, 0.5) is 4.39 Å². The number of amides is 1. The van der Waals surface area contributed by atoms with Crippen LogP contribution in [0.3, 0.4) is 0 Å². The summed E-state index contributed by atoms with van der Waals surface area (Å²) in [5, 5.41) is 10.8. The maximum Gasteiger partial charge on any atom is 0.244 e. The number of likely N-dealkylation sites (N-methyl/N-ethyl adjacent to an activating group) is 1. The molecule has 1 rings (SSSR count). The number of halogens is 1. The number of hydrogen-bond acceptors (Lipinski definition) is 4. The van der Waals surface area contributed by atoms with Crippen molar-refractivity contribution in [2.45, 2.75) is 17.9 Å². The summed E-state index contributed by atoms with van der Waals surface area (Å²) in [7, 11) is -2.80. The molecule has 6 nitrogen and oxygen atoms in total. The molecule has 1 aromatic rings. The molecule has 114 valence electrons. The summed E-state index contributed by atoms with van der Waals surface area (Å²) in [5.74, 6) is 3.26. The zero-order chi connectivity index (χ0) is 16.0. The van der Waals surface area contributed by atoms with Gasteiger partial charge < -0.3 is 10.4 Å². The summed E-state index contributed by atoms with van der Waals surface area (Å²) in [6.07, 6.45) is 0. The van der Waals surface area contributed by atoms with Gasteiger partial charge in [-0.2, -0.15) is 4.72 Å². The Balaban J connectivity index is 3.07. The molecule has 0 fully saturated rings. The maximum absolute atomic E-state index is 13.9. The predicted molar refractivity (Wildman–Crippen MR) is 74.2 cm³/mol. The molecular formula is C13H15FN2O4S. The van der Waals surface area contributed by atoms with E-state index in [0.29, 0.717) is 0 Å². The lowest BCUT2D eigenvalue weighted by atomic mass is 10.2. The van der Waals surface area contributed by atoms with Crippen LogP contribution in [0.15, 0.2) is 23.1 Å². The molecule has 0 aromatic heterocycles. The van der Waals surface area contributed by atoms with Gasteiger partial charge in [-0.1, -0.05) is 11.8 Å². The Morgan fingerprint density at radius 2 is 2.14 bits per heavy atom. The summed E-state index contributed by atoms with van der Waals surface area (Å²) in [5.41, 5.74) is 0.236. The minimum absolute atomic E-state index is 0.236. The molecule has 1 atom stereocenters. The molecule has 21 heavy (non-hydrogen) atoms. The number of hydrogen-bond donors (Lipinski definition) is 3. The van der Waals surface area contributed by atoms with Gasteiger partial charge in [0, 0.05) is 12.6 Å². The van der Waals surface area contributed by atoms with Gasteiger partial charge in [0.05, 0.1) is 6.04 Å².